The van der Waals surface area contributed by atoms with Crippen LogP contribution in [0.3, 0.4) is 0 Å². The zero-order chi connectivity index (χ0) is 13.8. The van der Waals surface area contributed by atoms with E-state index < -0.39 is 5.97 Å². The zero-order valence-corrected chi connectivity index (χ0v) is 10.6. The molecule has 0 aliphatic heterocycles. The van der Waals surface area contributed by atoms with E-state index in [4.69, 9.17) is 14.6 Å². The van der Waals surface area contributed by atoms with Crippen molar-refractivity contribution in [3.63, 3.8) is 0 Å². The minimum absolute atomic E-state index is 0.0928. The van der Waals surface area contributed by atoms with Crippen LogP contribution in [0.5, 0.6) is 17.5 Å². The summed E-state index contributed by atoms with van der Waals surface area (Å²) in [4.78, 5) is 15.2. The maximum absolute atomic E-state index is 11.1. The predicted molar refractivity (Wildman–Crippen MR) is 69.0 cm³/mol. The molecule has 0 bridgehead atoms. The molecule has 0 radical (unpaired) electrons. The maximum Gasteiger partial charge on any atom is 0.339 e. The van der Waals surface area contributed by atoms with E-state index in [9.17, 15) is 4.79 Å². The first-order chi connectivity index (χ1) is 9.10. The summed E-state index contributed by atoms with van der Waals surface area (Å²) in [6.07, 6.45) is 0. The summed E-state index contributed by atoms with van der Waals surface area (Å²) in [7, 11) is 1.50. The Morgan fingerprint density at radius 2 is 1.95 bits per heavy atom. The van der Waals surface area contributed by atoms with Crippen molar-refractivity contribution in [2.45, 2.75) is 6.92 Å². The van der Waals surface area contributed by atoms with Crippen LogP contribution in [0.4, 0.5) is 0 Å². The molecule has 5 nitrogen and oxygen atoms in total. The second-order valence-electron chi connectivity index (χ2n) is 3.93. The number of methoxy groups -OCH3 is 1. The summed E-state index contributed by atoms with van der Waals surface area (Å²) < 4.78 is 10.5. The largest absolute Gasteiger partial charge is 0.481 e. The van der Waals surface area contributed by atoms with Gasteiger partial charge in [0.25, 0.3) is 0 Å². The van der Waals surface area contributed by atoms with Crippen LogP contribution in [0.25, 0.3) is 0 Å². The fraction of sp³-hybridized carbons (Fsp3) is 0.143. The van der Waals surface area contributed by atoms with E-state index in [0.29, 0.717) is 5.88 Å². The van der Waals surface area contributed by atoms with Gasteiger partial charge in [0.15, 0.2) is 0 Å². The summed E-state index contributed by atoms with van der Waals surface area (Å²) in [6.45, 7) is 1.86. The molecule has 0 saturated heterocycles. The maximum atomic E-state index is 11.1. The van der Waals surface area contributed by atoms with Gasteiger partial charge in [0.05, 0.1) is 7.11 Å². The summed E-state index contributed by atoms with van der Waals surface area (Å²) in [5.74, 6) is -0.0966. The molecule has 0 aliphatic rings. The Balaban J connectivity index is 2.36. The molecule has 1 aromatic carbocycles. The molecule has 1 N–H and O–H groups in total. The number of hydrogen-bond donors (Lipinski definition) is 1. The minimum atomic E-state index is -1.04. The highest BCUT2D eigenvalue weighted by Crippen LogP contribution is 2.26. The van der Waals surface area contributed by atoms with Gasteiger partial charge >= 0.3 is 5.97 Å². The molecule has 5 heteroatoms. The van der Waals surface area contributed by atoms with Gasteiger partial charge < -0.3 is 14.6 Å². The van der Waals surface area contributed by atoms with Crippen LogP contribution in [-0.4, -0.2) is 23.2 Å². The topological polar surface area (TPSA) is 68.7 Å². The zero-order valence-electron chi connectivity index (χ0n) is 10.6. The molecule has 0 unspecified atom stereocenters. The van der Waals surface area contributed by atoms with Crippen molar-refractivity contribution in [2.75, 3.05) is 7.11 Å². The molecule has 1 aromatic heterocycles. The molecular formula is C14H13NO4. The molecule has 98 valence electrons. The van der Waals surface area contributed by atoms with Crippen molar-refractivity contribution in [1.82, 2.24) is 4.98 Å². The number of aryl methyl sites for hydroxylation is 1. The van der Waals surface area contributed by atoms with E-state index in [2.05, 4.69) is 4.98 Å². The lowest BCUT2D eigenvalue weighted by Crippen LogP contribution is -2.01. The third-order valence-corrected chi connectivity index (χ3v) is 2.49. The van der Waals surface area contributed by atoms with Gasteiger partial charge in [-0.25, -0.2) is 4.79 Å². The molecule has 0 saturated carbocycles. The van der Waals surface area contributed by atoms with Gasteiger partial charge in [0.1, 0.15) is 11.3 Å². The van der Waals surface area contributed by atoms with Gasteiger partial charge in [-0.05, 0) is 24.6 Å². The van der Waals surface area contributed by atoms with Crippen LogP contribution in [0, 0.1) is 6.92 Å². The average molecular weight is 259 g/mol. The third kappa shape index (κ3) is 3.01. The van der Waals surface area contributed by atoms with Crippen LogP contribution >= 0.6 is 0 Å². The van der Waals surface area contributed by atoms with Crippen molar-refractivity contribution in [2.24, 2.45) is 0 Å². The number of nitrogens with zero attached hydrogens (tertiary/aromatic N) is 1. The van der Waals surface area contributed by atoms with Crippen molar-refractivity contribution in [3.05, 3.63) is 47.5 Å². The molecule has 0 atom stereocenters. The lowest BCUT2D eigenvalue weighted by Gasteiger charge is -2.09. The third-order valence-electron chi connectivity index (χ3n) is 2.49. The van der Waals surface area contributed by atoms with Crippen LogP contribution in [0.15, 0.2) is 36.4 Å². The summed E-state index contributed by atoms with van der Waals surface area (Å²) >= 11 is 0. The molecule has 2 rings (SSSR count). The second-order valence-corrected chi connectivity index (χ2v) is 3.93. The van der Waals surface area contributed by atoms with E-state index in [1.54, 1.807) is 30.3 Å². The Kier molecular flexibility index (Phi) is 3.66. The summed E-state index contributed by atoms with van der Waals surface area (Å²) in [6, 6.07) is 9.92. The Morgan fingerprint density at radius 1 is 1.21 bits per heavy atom. The lowest BCUT2D eigenvalue weighted by atomic mass is 10.1. The molecular weight excluding hydrogens is 246 g/mol. The van der Waals surface area contributed by atoms with Gasteiger partial charge in [-0.1, -0.05) is 12.1 Å². The Hall–Kier alpha value is -2.56. The highest BCUT2D eigenvalue weighted by Gasteiger charge is 2.12. The molecule has 19 heavy (non-hydrogen) atoms. The Bertz CT molecular complexity index is 610. The normalized spacial score (nSPS) is 10.0. The predicted octanol–water partition coefficient (Wildman–Crippen LogP) is 2.89. The van der Waals surface area contributed by atoms with Gasteiger partial charge in [0.2, 0.25) is 11.8 Å². The highest BCUT2D eigenvalue weighted by molar-refractivity contribution is 5.91. The first-order valence-corrected chi connectivity index (χ1v) is 5.63. The number of aromatic nitrogens is 1. The van der Waals surface area contributed by atoms with E-state index in [1.165, 1.54) is 13.2 Å². The van der Waals surface area contributed by atoms with Crippen LogP contribution in [0.2, 0.25) is 0 Å². The fourth-order valence-corrected chi connectivity index (χ4v) is 1.57. The number of carbonyl (C=O) groups is 1. The highest BCUT2D eigenvalue weighted by atomic mass is 16.5. The molecule has 0 fully saturated rings. The van der Waals surface area contributed by atoms with E-state index in [1.807, 2.05) is 6.92 Å². The van der Waals surface area contributed by atoms with E-state index in [0.717, 1.165) is 5.56 Å². The Labute approximate surface area is 110 Å². The van der Waals surface area contributed by atoms with Crippen LogP contribution in [0.1, 0.15) is 15.9 Å². The van der Waals surface area contributed by atoms with Gasteiger partial charge in [-0.2, -0.15) is 4.98 Å². The van der Waals surface area contributed by atoms with Crippen LogP contribution in [-0.2, 0) is 0 Å². The Morgan fingerprint density at radius 3 is 2.63 bits per heavy atom. The molecule has 2 aromatic rings. The number of pyridine rings is 1. The molecule has 0 amide bonds. The lowest BCUT2D eigenvalue weighted by molar-refractivity contribution is 0.0694. The number of aromatic carboxylic acids is 1. The summed E-state index contributed by atoms with van der Waals surface area (Å²) in [5, 5.41) is 9.11. The molecule has 0 aliphatic carbocycles. The number of ether oxygens (including phenoxy) is 2. The SMILES string of the molecule is COc1cccc(Oc2cc(C)ccc2C(=O)O)n1. The average Bonchev–Trinajstić information content (AvgIpc) is 2.38. The van der Waals surface area contributed by atoms with Crippen LogP contribution < -0.4 is 9.47 Å². The van der Waals surface area contributed by atoms with Crippen molar-refractivity contribution < 1.29 is 19.4 Å². The van der Waals surface area contributed by atoms with E-state index in [-0.39, 0.29) is 17.2 Å². The standard InChI is InChI=1S/C14H13NO4/c1-9-6-7-10(14(16)17)11(8-9)19-13-5-3-4-12(15-13)18-2/h3-8H,1-2H3,(H,16,17). The van der Waals surface area contributed by atoms with E-state index >= 15 is 0 Å². The number of rotatable bonds is 4. The molecule has 1 heterocycles. The monoisotopic (exact) mass is 259 g/mol. The quantitative estimate of drug-likeness (QED) is 0.914. The minimum Gasteiger partial charge on any atom is -0.481 e. The fourth-order valence-electron chi connectivity index (χ4n) is 1.57. The number of hydrogen-bond acceptors (Lipinski definition) is 4. The second kappa shape index (κ2) is 5.39. The van der Waals surface area contributed by atoms with Crippen molar-refractivity contribution in [1.29, 1.82) is 0 Å². The van der Waals surface area contributed by atoms with Crippen molar-refractivity contribution >= 4 is 5.97 Å². The smallest absolute Gasteiger partial charge is 0.339 e. The van der Waals surface area contributed by atoms with Gasteiger partial charge in [0, 0.05) is 12.1 Å². The molecule has 0 spiro atoms. The summed E-state index contributed by atoms with van der Waals surface area (Å²) in [5.41, 5.74) is 0.998. The first-order valence-electron chi connectivity index (χ1n) is 5.63. The van der Waals surface area contributed by atoms with Gasteiger partial charge in [-0.15, -0.1) is 0 Å². The first kappa shape index (κ1) is 12.9. The number of benzene rings is 1. The number of carboxylic acids is 1. The van der Waals surface area contributed by atoms with Gasteiger partial charge in [-0.3, -0.25) is 0 Å². The number of carboxylic acid groups (broad SMARTS) is 1. The van der Waals surface area contributed by atoms with Crippen molar-refractivity contribution in [3.8, 4) is 17.5 Å².